The monoisotopic (exact) mass is 355 g/mol. The summed E-state index contributed by atoms with van der Waals surface area (Å²) in [6, 6.07) is 0. The Kier molecular flexibility index (Phi) is 4.01. The fourth-order valence-corrected chi connectivity index (χ4v) is 2.88. The van der Waals surface area contributed by atoms with Crippen molar-refractivity contribution in [2.24, 2.45) is 0 Å². The molecule has 0 radical (unpaired) electrons. The number of allylic oxidation sites excluding steroid dienone is 1. The fourth-order valence-electron chi connectivity index (χ4n) is 2.88. The van der Waals surface area contributed by atoms with Crippen molar-refractivity contribution in [3.05, 3.63) is 33.5 Å². The van der Waals surface area contributed by atoms with E-state index in [1.54, 1.807) is 0 Å². The molecular weight excluding hydrogens is 338 g/mol. The quantitative estimate of drug-likeness (QED) is 0.301. The number of hydrogen-bond donors (Lipinski definition) is 6. The van der Waals surface area contributed by atoms with Gasteiger partial charge in [0.15, 0.2) is 17.3 Å². The molecule has 25 heavy (non-hydrogen) atoms. The number of ether oxygens (including phenoxy) is 1. The van der Waals surface area contributed by atoms with Gasteiger partial charge in [0.05, 0.1) is 6.61 Å². The molecule has 1 saturated heterocycles. The Morgan fingerprint density at radius 3 is 2.68 bits per heavy atom. The minimum absolute atomic E-state index is 0.102. The molecule has 2 aromatic heterocycles. The van der Waals surface area contributed by atoms with Crippen molar-refractivity contribution in [1.29, 1.82) is 0 Å². The largest absolute Gasteiger partial charge is 0.394 e. The van der Waals surface area contributed by atoms with Gasteiger partial charge in [0, 0.05) is 6.54 Å². The lowest BCUT2D eigenvalue weighted by Gasteiger charge is -2.26. The molecule has 136 valence electrons. The number of aromatic nitrogens is 4. The molecule has 4 atom stereocenters. The van der Waals surface area contributed by atoms with E-state index in [1.807, 2.05) is 0 Å². The predicted octanol–water partition coefficient (Wildman–Crippen LogP) is -3.63. The zero-order chi connectivity index (χ0) is 18.5. The summed E-state index contributed by atoms with van der Waals surface area (Å²) in [7, 11) is 0. The van der Waals surface area contributed by atoms with Crippen LogP contribution in [0.2, 0.25) is 0 Å². The van der Waals surface area contributed by atoms with Gasteiger partial charge in [0.25, 0.3) is 11.5 Å². The first-order valence-electron chi connectivity index (χ1n) is 7.25. The van der Waals surface area contributed by atoms with E-state index in [0.717, 1.165) is 4.57 Å². The summed E-state index contributed by atoms with van der Waals surface area (Å²) in [6.45, 7) is 2.66. The van der Waals surface area contributed by atoms with E-state index in [9.17, 15) is 30.0 Å². The summed E-state index contributed by atoms with van der Waals surface area (Å²) < 4.78 is 6.56. The van der Waals surface area contributed by atoms with Gasteiger partial charge in [-0.3, -0.25) is 14.3 Å². The number of aromatic amines is 1. The Balaban J connectivity index is 2.37. The van der Waals surface area contributed by atoms with E-state index in [2.05, 4.69) is 16.5 Å². The number of nitrogen functional groups attached to an aromatic ring is 1. The second-order valence-corrected chi connectivity index (χ2v) is 5.57. The molecule has 0 saturated carbocycles. The van der Waals surface area contributed by atoms with E-state index < -0.39 is 42.1 Å². The van der Waals surface area contributed by atoms with E-state index >= 15 is 0 Å². The molecule has 12 nitrogen and oxygen atoms in total. The van der Waals surface area contributed by atoms with Crippen molar-refractivity contribution in [3.8, 4) is 0 Å². The fraction of sp³-hybridized carbons (Fsp3) is 0.462. The molecule has 3 rings (SSSR count). The lowest BCUT2D eigenvalue weighted by molar-refractivity contribution is -0.288. The number of nitrogens with one attached hydrogen (secondary N) is 1. The maximum atomic E-state index is 12.7. The molecule has 1 aliphatic heterocycles. The van der Waals surface area contributed by atoms with E-state index in [1.165, 1.54) is 6.08 Å². The number of anilines is 1. The zero-order valence-corrected chi connectivity index (χ0v) is 12.9. The third-order valence-electron chi connectivity index (χ3n) is 4.03. The molecule has 0 spiro atoms. The Morgan fingerprint density at radius 2 is 2.12 bits per heavy atom. The first-order valence-corrected chi connectivity index (χ1v) is 7.25. The van der Waals surface area contributed by atoms with E-state index in [-0.39, 0.29) is 23.7 Å². The lowest BCUT2D eigenvalue weighted by atomic mass is 10.1. The summed E-state index contributed by atoms with van der Waals surface area (Å²) in [5.41, 5.74) is 3.20. The molecule has 3 heterocycles. The van der Waals surface area contributed by atoms with Crippen LogP contribution in [-0.2, 0) is 17.2 Å². The zero-order valence-electron chi connectivity index (χ0n) is 12.9. The summed E-state index contributed by atoms with van der Waals surface area (Å²) in [5.74, 6) is -3.10. The van der Waals surface area contributed by atoms with Crippen molar-refractivity contribution in [2.75, 3.05) is 12.3 Å². The SMILES string of the molecule is C=CCn1c(=O)n([C@]2(O)O[C@H](CO)[C@@H](O)[C@H]2O)c2nc(N)[nH]c(=O)c21. The van der Waals surface area contributed by atoms with Gasteiger partial charge in [-0.05, 0) is 0 Å². The number of aliphatic hydroxyl groups excluding tert-OH is 3. The summed E-state index contributed by atoms with van der Waals surface area (Å²) in [5, 5.41) is 40.0. The Bertz CT molecular complexity index is 947. The molecule has 2 aromatic rings. The maximum Gasteiger partial charge on any atom is 0.335 e. The molecular formula is C13H17N5O7. The molecule has 0 amide bonds. The van der Waals surface area contributed by atoms with Gasteiger partial charge in [-0.15, -0.1) is 6.58 Å². The minimum Gasteiger partial charge on any atom is -0.394 e. The standard InChI is InChI=1S/C13H17N5O7/c1-2-3-17-6-9(15-11(14)16-10(6)22)18(12(17)23)13(24)8(21)7(20)5(4-19)25-13/h2,5,7-8,19-21,24H,1,3-4H2,(H3,14,15,16,22)/t5-,7-,8-,13-/m1/s1. The highest BCUT2D eigenvalue weighted by molar-refractivity contribution is 5.72. The second-order valence-electron chi connectivity index (χ2n) is 5.57. The molecule has 1 fully saturated rings. The number of nitrogens with two attached hydrogens (primary N) is 1. The van der Waals surface area contributed by atoms with Crippen molar-refractivity contribution in [1.82, 2.24) is 19.1 Å². The Morgan fingerprint density at radius 1 is 1.44 bits per heavy atom. The van der Waals surface area contributed by atoms with Gasteiger partial charge in [0.1, 0.15) is 12.2 Å². The van der Waals surface area contributed by atoms with Crippen LogP contribution >= 0.6 is 0 Å². The van der Waals surface area contributed by atoms with Crippen LogP contribution in [0, 0.1) is 0 Å². The number of hydrogen-bond acceptors (Lipinski definition) is 9. The van der Waals surface area contributed by atoms with Crippen molar-refractivity contribution in [3.63, 3.8) is 0 Å². The smallest absolute Gasteiger partial charge is 0.335 e. The van der Waals surface area contributed by atoms with Crippen molar-refractivity contribution >= 4 is 17.1 Å². The summed E-state index contributed by atoms with van der Waals surface area (Å²) in [6.07, 6.45) is -3.70. The molecule has 0 unspecified atom stereocenters. The van der Waals surface area contributed by atoms with Crippen LogP contribution in [-0.4, -0.2) is 64.4 Å². The van der Waals surface area contributed by atoms with Crippen molar-refractivity contribution < 1.29 is 25.2 Å². The average molecular weight is 355 g/mol. The Labute approximate surface area is 139 Å². The van der Waals surface area contributed by atoms with Gasteiger partial charge in [0.2, 0.25) is 5.95 Å². The highest BCUT2D eigenvalue weighted by atomic mass is 16.7. The number of fused-ring (bicyclic) bond motifs is 1. The van der Waals surface area contributed by atoms with Crippen LogP contribution in [0.25, 0.3) is 11.2 Å². The number of nitrogens with zero attached hydrogens (tertiary/aromatic N) is 3. The molecule has 7 N–H and O–H groups in total. The molecule has 12 heteroatoms. The highest BCUT2D eigenvalue weighted by Gasteiger charge is 2.56. The first kappa shape index (κ1) is 17.3. The van der Waals surface area contributed by atoms with Crippen molar-refractivity contribution in [2.45, 2.75) is 30.8 Å². The maximum absolute atomic E-state index is 12.7. The third-order valence-corrected chi connectivity index (χ3v) is 4.03. The molecule has 0 bridgehead atoms. The normalized spacial score (nSPS) is 29.4. The second kappa shape index (κ2) is 5.79. The van der Waals surface area contributed by atoms with Gasteiger partial charge >= 0.3 is 5.69 Å². The van der Waals surface area contributed by atoms with Gasteiger partial charge in [-0.2, -0.15) is 4.98 Å². The van der Waals surface area contributed by atoms with Crippen LogP contribution < -0.4 is 17.0 Å². The summed E-state index contributed by atoms with van der Waals surface area (Å²) >= 11 is 0. The number of aliphatic hydroxyl groups is 4. The molecule has 1 aliphatic rings. The van der Waals surface area contributed by atoms with Gasteiger partial charge in [-0.25, -0.2) is 9.36 Å². The van der Waals surface area contributed by atoms with Crippen LogP contribution in [0.3, 0.4) is 0 Å². The van der Waals surface area contributed by atoms with Crippen LogP contribution in [0.15, 0.2) is 22.2 Å². The van der Waals surface area contributed by atoms with E-state index in [0.29, 0.717) is 4.57 Å². The van der Waals surface area contributed by atoms with Crippen LogP contribution in [0.1, 0.15) is 0 Å². The Hall–Kier alpha value is -2.51. The topological polar surface area (TPSA) is 189 Å². The van der Waals surface area contributed by atoms with Gasteiger partial charge < -0.3 is 30.9 Å². The van der Waals surface area contributed by atoms with Gasteiger partial charge in [-0.1, -0.05) is 6.08 Å². The third kappa shape index (κ3) is 2.31. The average Bonchev–Trinajstić information content (AvgIpc) is 2.95. The van der Waals surface area contributed by atoms with Crippen LogP contribution in [0.4, 0.5) is 5.95 Å². The minimum atomic E-state index is -2.76. The number of imidazole rings is 1. The van der Waals surface area contributed by atoms with E-state index in [4.69, 9.17) is 10.5 Å². The first-order chi connectivity index (χ1) is 11.8. The summed E-state index contributed by atoms with van der Waals surface area (Å²) in [4.78, 5) is 31.0. The molecule has 0 aliphatic carbocycles. The number of rotatable bonds is 4. The highest BCUT2D eigenvalue weighted by Crippen LogP contribution is 2.34. The molecule has 0 aromatic carbocycles. The lowest BCUT2D eigenvalue weighted by Crippen LogP contribution is -2.50. The number of H-pyrrole nitrogens is 1. The predicted molar refractivity (Wildman–Crippen MR) is 83.4 cm³/mol. The van der Waals surface area contributed by atoms with Crippen LogP contribution in [0.5, 0.6) is 0 Å².